The highest BCUT2D eigenvalue weighted by atomic mass is 16.5. The Kier molecular flexibility index (Phi) is 4.86. The molecule has 6 nitrogen and oxygen atoms in total. The van der Waals surface area contributed by atoms with Gasteiger partial charge >= 0.3 is 12.0 Å². The number of nitrogens with one attached hydrogen (secondary N) is 1. The maximum absolute atomic E-state index is 12.1. The van der Waals surface area contributed by atoms with Gasteiger partial charge in [-0.2, -0.15) is 0 Å². The van der Waals surface area contributed by atoms with E-state index in [1.807, 2.05) is 6.92 Å². The minimum Gasteiger partial charge on any atom is -0.481 e. The van der Waals surface area contributed by atoms with Crippen LogP contribution >= 0.6 is 0 Å². The molecule has 2 N–H and O–H groups in total. The zero-order valence-corrected chi connectivity index (χ0v) is 12.1. The predicted octanol–water partition coefficient (Wildman–Crippen LogP) is 1.45. The average molecular weight is 284 g/mol. The molecule has 1 unspecified atom stereocenters. The summed E-state index contributed by atoms with van der Waals surface area (Å²) < 4.78 is 5.54. The summed E-state index contributed by atoms with van der Waals surface area (Å²) in [7, 11) is 0. The molecule has 1 aliphatic heterocycles. The lowest BCUT2D eigenvalue weighted by Crippen LogP contribution is -2.52. The number of carboxylic acid groups (broad SMARTS) is 1. The fraction of sp³-hybridized carbons (Fsp3) is 0.857. The Labute approximate surface area is 119 Å². The number of aliphatic carboxylic acids is 1. The lowest BCUT2D eigenvalue weighted by Gasteiger charge is -2.41. The molecule has 2 aliphatic rings. The number of nitrogens with zero attached hydrogens (tertiary/aromatic N) is 1. The summed E-state index contributed by atoms with van der Waals surface area (Å²) in [5.41, 5.74) is -0.224. The van der Waals surface area contributed by atoms with Gasteiger partial charge in [-0.25, -0.2) is 4.79 Å². The highest BCUT2D eigenvalue weighted by Crippen LogP contribution is 2.43. The van der Waals surface area contributed by atoms with Crippen molar-refractivity contribution >= 4 is 12.0 Å². The van der Waals surface area contributed by atoms with Crippen molar-refractivity contribution in [2.24, 2.45) is 5.41 Å². The molecule has 114 valence electrons. The van der Waals surface area contributed by atoms with E-state index in [-0.39, 0.29) is 24.0 Å². The van der Waals surface area contributed by atoms with E-state index in [9.17, 15) is 9.59 Å². The van der Waals surface area contributed by atoms with Gasteiger partial charge in [0.15, 0.2) is 0 Å². The maximum atomic E-state index is 12.1. The third-order valence-electron chi connectivity index (χ3n) is 4.44. The fourth-order valence-corrected chi connectivity index (χ4v) is 2.94. The molecule has 0 spiro atoms. The monoisotopic (exact) mass is 284 g/mol. The molecule has 0 aromatic carbocycles. The van der Waals surface area contributed by atoms with Crippen LogP contribution in [0, 0.1) is 5.41 Å². The second kappa shape index (κ2) is 6.43. The third kappa shape index (κ3) is 3.62. The van der Waals surface area contributed by atoms with E-state index in [4.69, 9.17) is 9.84 Å². The van der Waals surface area contributed by atoms with Crippen LogP contribution in [0.3, 0.4) is 0 Å². The lowest BCUT2D eigenvalue weighted by molar-refractivity contribution is -0.141. The van der Waals surface area contributed by atoms with Crippen molar-refractivity contribution in [2.45, 2.75) is 45.1 Å². The molecule has 1 atom stereocenters. The Bertz CT molecular complexity index is 368. The van der Waals surface area contributed by atoms with Crippen LogP contribution in [0.25, 0.3) is 0 Å². The van der Waals surface area contributed by atoms with Gasteiger partial charge < -0.3 is 20.1 Å². The number of amides is 2. The van der Waals surface area contributed by atoms with Gasteiger partial charge in [-0.05, 0) is 24.7 Å². The van der Waals surface area contributed by atoms with E-state index in [1.165, 1.54) is 0 Å². The van der Waals surface area contributed by atoms with Crippen LogP contribution in [-0.2, 0) is 9.53 Å². The van der Waals surface area contributed by atoms with Gasteiger partial charge in [0.2, 0.25) is 0 Å². The van der Waals surface area contributed by atoms with Crippen molar-refractivity contribution in [1.29, 1.82) is 0 Å². The molecule has 1 aliphatic carbocycles. The standard InChI is InChI=1S/C14H24N2O4/c1-2-11-9-16(6-7-20-11)13(19)15-10-14(4-3-5-14)8-12(17)18/h11H,2-10H2,1H3,(H,15,19)(H,17,18). The first kappa shape index (κ1) is 15.1. The molecular weight excluding hydrogens is 260 g/mol. The van der Waals surface area contributed by atoms with Crippen molar-refractivity contribution in [3.63, 3.8) is 0 Å². The number of carboxylic acids is 1. The number of morpholine rings is 1. The molecule has 0 aromatic rings. The summed E-state index contributed by atoms with van der Waals surface area (Å²) in [6.45, 7) is 4.31. The highest BCUT2D eigenvalue weighted by molar-refractivity contribution is 5.74. The Morgan fingerprint density at radius 2 is 2.20 bits per heavy atom. The van der Waals surface area contributed by atoms with Crippen molar-refractivity contribution in [3.05, 3.63) is 0 Å². The quantitative estimate of drug-likeness (QED) is 0.801. The average Bonchev–Trinajstić information content (AvgIpc) is 2.41. The molecular formula is C14H24N2O4. The first-order valence-electron chi connectivity index (χ1n) is 7.41. The number of carbonyl (C=O) groups is 2. The number of hydrogen-bond acceptors (Lipinski definition) is 3. The minimum atomic E-state index is -0.781. The summed E-state index contributed by atoms with van der Waals surface area (Å²) in [5.74, 6) is -0.781. The van der Waals surface area contributed by atoms with E-state index in [0.29, 0.717) is 26.2 Å². The fourth-order valence-electron chi connectivity index (χ4n) is 2.94. The largest absolute Gasteiger partial charge is 0.481 e. The summed E-state index contributed by atoms with van der Waals surface area (Å²) in [6.07, 6.45) is 3.99. The molecule has 6 heteroatoms. The molecule has 1 saturated heterocycles. The van der Waals surface area contributed by atoms with E-state index in [1.54, 1.807) is 4.90 Å². The zero-order chi connectivity index (χ0) is 14.6. The summed E-state index contributed by atoms with van der Waals surface area (Å²) in [6, 6.07) is -0.0941. The second-order valence-corrected chi connectivity index (χ2v) is 5.93. The Hall–Kier alpha value is -1.30. The minimum absolute atomic E-state index is 0.0941. The second-order valence-electron chi connectivity index (χ2n) is 5.93. The van der Waals surface area contributed by atoms with Gasteiger partial charge in [0.05, 0.1) is 19.1 Å². The van der Waals surface area contributed by atoms with Crippen molar-refractivity contribution in [1.82, 2.24) is 10.2 Å². The van der Waals surface area contributed by atoms with Crippen LogP contribution in [-0.4, -0.2) is 54.4 Å². The van der Waals surface area contributed by atoms with Crippen molar-refractivity contribution in [2.75, 3.05) is 26.2 Å². The van der Waals surface area contributed by atoms with Crippen LogP contribution in [0.1, 0.15) is 39.0 Å². The topological polar surface area (TPSA) is 78.9 Å². The molecule has 1 heterocycles. The summed E-state index contributed by atoms with van der Waals surface area (Å²) >= 11 is 0. The van der Waals surface area contributed by atoms with Crippen LogP contribution in [0.2, 0.25) is 0 Å². The smallest absolute Gasteiger partial charge is 0.317 e. The van der Waals surface area contributed by atoms with E-state index >= 15 is 0 Å². The third-order valence-corrected chi connectivity index (χ3v) is 4.44. The van der Waals surface area contributed by atoms with Crippen LogP contribution in [0.4, 0.5) is 4.79 Å². The number of ether oxygens (including phenoxy) is 1. The van der Waals surface area contributed by atoms with Gasteiger partial charge in [-0.3, -0.25) is 4.79 Å². The van der Waals surface area contributed by atoms with Gasteiger partial charge in [0, 0.05) is 19.6 Å². The molecule has 0 radical (unpaired) electrons. The van der Waals surface area contributed by atoms with E-state index < -0.39 is 5.97 Å². The molecule has 20 heavy (non-hydrogen) atoms. The molecule has 2 fully saturated rings. The van der Waals surface area contributed by atoms with Gasteiger partial charge in [-0.1, -0.05) is 13.3 Å². The first-order chi connectivity index (χ1) is 9.54. The number of carbonyl (C=O) groups excluding carboxylic acids is 1. The van der Waals surface area contributed by atoms with E-state index in [0.717, 1.165) is 25.7 Å². The zero-order valence-electron chi connectivity index (χ0n) is 12.1. The van der Waals surface area contributed by atoms with Gasteiger partial charge in [0.1, 0.15) is 0 Å². The highest BCUT2D eigenvalue weighted by Gasteiger charge is 2.39. The Morgan fingerprint density at radius 1 is 1.45 bits per heavy atom. The number of urea groups is 1. The van der Waals surface area contributed by atoms with Crippen LogP contribution < -0.4 is 5.32 Å². The SMILES string of the molecule is CCC1CN(C(=O)NCC2(CC(=O)O)CCC2)CCO1. The van der Waals surface area contributed by atoms with Gasteiger partial charge in [0.25, 0.3) is 0 Å². The Morgan fingerprint density at radius 3 is 2.75 bits per heavy atom. The van der Waals surface area contributed by atoms with E-state index in [2.05, 4.69) is 5.32 Å². The summed E-state index contributed by atoms with van der Waals surface area (Å²) in [5, 5.41) is 11.9. The van der Waals surface area contributed by atoms with Crippen LogP contribution in [0.15, 0.2) is 0 Å². The van der Waals surface area contributed by atoms with Crippen molar-refractivity contribution in [3.8, 4) is 0 Å². The molecule has 1 saturated carbocycles. The van der Waals surface area contributed by atoms with Crippen LogP contribution in [0.5, 0.6) is 0 Å². The van der Waals surface area contributed by atoms with Crippen molar-refractivity contribution < 1.29 is 19.4 Å². The maximum Gasteiger partial charge on any atom is 0.317 e. The molecule has 0 aromatic heterocycles. The normalized spacial score (nSPS) is 24.9. The lowest BCUT2D eigenvalue weighted by atomic mass is 9.66. The number of rotatable bonds is 5. The number of hydrogen-bond donors (Lipinski definition) is 2. The first-order valence-corrected chi connectivity index (χ1v) is 7.41. The summed E-state index contributed by atoms with van der Waals surface area (Å²) in [4.78, 5) is 24.8. The molecule has 2 rings (SSSR count). The Balaban J connectivity index is 1.80. The molecule has 2 amide bonds. The predicted molar refractivity (Wildman–Crippen MR) is 73.5 cm³/mol. The molecule has 0 bridgehead atoms. The van der Waals surface area contributed by atoms with Gasteiger partial charge in [-0.15, -0.1) is 0 Å².